The lowest BCUT2D eigenvalue weighted by Gasteiger charge is -2.33. The maximum absolute atomic E-state index is 13.6. The minimum absolute atomic E-state index is 0.0360. The summed E-state index contributed by atoms with van der Waals surface area (Å²) in [6, 6.07) is 4.01. The lowest BCUT2D eigenvalue weighted by Crippen LogP contribution is -2.57. The van der Waals surface area contributed by atoms with Crippen LogP contribution < -0.4 is 16.0 Å². The van der Waals surface area contributed by atoms with Gasteiger partial charge in [0, 0.05) is 17.8 Å². The molecule has 96 valence electrons. The largest absolute Gasteiger partial charge is 0.350 e. The van der Waals surface area contributed by atoms with E-state index < -0.39 is 11.9 Å². The highest BCUT2D eigenvalue weighted by molar-refractivity contribution is 6.04. The first-order chi connectivity index (χ1) is 8.52. The van der Waals surface area contributed by atoms with Crippen molar-refractivity contribution in [2.45, 2.75) is 19.5 Å². The number of hydrogen-bond donors (Lipinski definition) is 2. The third kappa shape index (κ3) is 2.19. The van der Waals surface area contributed by atoms with Crippen molar-refractivity contribution in [1.29, 1.82) is 0 Å². The zero-order valence-electron chi connectivity index (χ0n) is 9.94. The number of halogens is 1. The molecule has 0 aromatic heterocycles. The maximum atomic E-state index is 13.6. The SMILES string of the molecule is CC1C(=O)NC(=O)CN1c1ccc(CN)c(F)c1. The number of amides is 2. The molecule has 0 spiro atoms. The van der Waals surface area contributed by atoms with Crippen LogP contribution in [0.1, 0.15) is 12.5 Å². The number of imide groups is 1. The molecule has 1 heterocycles. The van der Waals surface area contributed by atoms with Crippen molar-refractivity contribution in [2.75, 3.05) is 11.4 Å². The Morgan fingerprint density at radius 3 is 2.83 bits per heavy atom. The third-order valence-corrected chi connectivity index (χ3v) is 3.01. The molecule has 0 radical (unpaired) electrons. The van der Waals surface area contributed by atoms with Crippen molar-refractivity contribution in [2.24, 2.45) is 5.73 Å². The van der Waals surface area contributed by atoms with Crippen molar-refractivity contribution in [3.8, 4) is 0 Å². The molecule has 1 aliphatic rings. The fourth-order valence-electron chi connectivity index (χ4n) is 1.91. The lowest BCUT2D eigenvalue weighted by atomic mass is 10.1. The molecule has 5 nitrogen and oxygen atoms in total. The molecule has 3 N–H and O–H groups in total. The summed E-state index contributed by atoms with van der Waals surface area (Å²) < 4.78 is 13.6. The van der Waals surface area contributed by atoms with Gasteiger partial charge in [0.15, 0.2) is 0 Å². The zero-order valence-corrected chi connectivity index (χ0v) is 9.94. The monoisotopic (exact) mass is 251 g/mol. The highest BCUT2D eigenvalue weighted by Crippen LogP contribution is 2.22. The Bertz CT molecular complexity index is 504. The summed E-state index contributed by atoms with van der Waals surface area (Å²) in [5, 5.41) is 2.23. The Hall–Kier alpha value is -1.95. The van der Waals surface area contributed by atoms with Crippen molar-refractivity contribution in [3.05, 3.63) is 29.6 Å². The molecule has 2 amide bonds. The number of carbonyl (C=O) groups is 2. The van der Waals surface area contributed by atoms with E-state index in [4.69, 9.17) is 5.73 Å². The van der Waals surface area contributed by atoms with Crippen LogP contribution in [0.15, 0.2) is 18.2 Å². The lowest BCUT2D eigenvalue weighted by molar-refractivity contribution is -0.132. The van der Waals surface area contributed by atoms with Gasteiger partial charge in [-0.15, -0.1) is 0 Å². The van der Waals surface area contributed by atoms with Gasteiger partial charge < -0.3 is 10.6 Å². The number of nitrogens with zero attached hydrogens (tertiary/aromatic N) is 1. The highest BCUT2D eigenvalue weighted by Gasteiger charge is 2.30. The summed E-state index contributed by atoms with van der Waals surface area (Å²) in [6.45, 7) is 1.81. The first-order valence-electron chi connectivity index (χ1n) is 5.61. The number of benzene rings is 1. The number of piperazine rings is 1. The summed E-state index contributed by atoms with van der Waals surface area (Å²) in [5.41, 5.74) is 6.28. The molecule has 1 unspecified atom stereocenters. The van der Waals surface area contributed by atoms with Gasteiger partial charge in [-0.2, -0.15) is 0 Å². The molecule has 1 aromatic carbocycles. The number of anilines is 1. The standard InChI is InChI=1S/C12H14FN3O2/c1-7-12(18)15-11(17)6-16(7)9-3-2-8(5-14)10(13)4-9/h2-4,7H,5-6,14H2,1H3,(H,15,17,18). The molecule has 1 fully saturated rings. The van der Waals surface area contributed by atoms with Crippen molar-refractivity contribution < 1.29 is 14.0 Å². The molecule has 1 atom stereocenters. The molecule has 6 heteroatoms. The molecule has 0 saturated carbocycles. The number of hydrogen-bond acceptors (Lipinski definition) is 4. The summed E-state index contributed by atoms with van der Waals surface area (Å²) in [7, 11) is 0. The molecule has 0 bridgehead atoms. The van der Waals surface area contributed by atoms with Gasteiger partial charge >= 0.3 is 0 Å². The second-order valence-corrected chi connectivity index (χ2v) is 4.20. The number of rotatable bonds is 2. The predicted molar refractivity (Wildman–Crippen MR) is 64.2 cm³/mol. The van der Waals surface area contributed by atoms with Crippen LogP contribution in [0.5, 0.6) is 0 Å². The van der Waals surface area contributed by atoms with Crippen LogP contribution in [-0.4, -0.2) is 24.4 Å². The second-order valence-electron chi connectivity index (χ2n) is 4.20. The average Bonchev–Trinajstić information content (AvgIpc) is 2.33. The minimum Gasteiger partial charge on any atom is -0.350 e. The summed E-state index contributed by atoms with van der Waals surface area (Å²) >= 11 is 0. The van der Waals surface area contributed by atoms with Crippen LogP contribution in [0.25, 0.3) is 0 Å². The van der Waals surface area contributed by atoms with Gasteiger partial charge in [0.1, 0.15) is 11.9 Å². The fraction of sp³-hybridized carbons (Fsp3) is 0.333. The third-order valence-electron chi connectivity index (χ3n) is 3.01. The zero-order chi connectivity index (χ0) is 13.3. The van der Waals surface area contributed by atoms with E-state index in [9.17, 15) is 14.0 Å². The van der Waals surface area contributed by atoms with Crippen molar-refractivity contribution in [3.63, 3.8) is 0 Å². The molecule has 18 heavy (non-hydrogen) atoms. The molecular formula is C12H14FN3O2. The van der Waals surface area contributed by atoms with Crippen molar-refractivity contribution in [1.82, 2.24) is 5.32 Å². The summed E-state index contributed by atoms with van der Waals surface area (Å²) in [6.07, 6.45) is 0. The van der Waals surface area contributed by atoms with Crippen LogP contribution in [-0.2, 0) is 16.1 Å². The average molecular weight is 251 g/mol. The molecule has 1 aliphatic heterocycles. The van der Waals surface area contributed by atoms with Gasteiger partial charge in [-0.25, -0.2) is 4.39 Å². The molecule has 2 rings (SSSR count). The van der Waals surface area contributed by atoms with Crippen molar-refractivity contribution >= 4 is 17.5 Å². The Morgan fingerprint density at radius 2 is 2.22 bits per heavy atom. The van der Waals surface area contributed by atoms with Crippen LogP contribution in [0.2, 0.25) is 0 Å². The number of carbonyl (C=O) groups excluding carboxylic acids is 2. The van der Waals surface area contributed by atoms with Gasteiger partial charge in [-0.05, 0) is 19.1 Å². The van der Waals surface area contributed by atoms with Crippen LogP contribution in [0, 0.1) is 5.82 Å². The predicted octanol–water partition coefficient (Wildman–Crippen LogP) is 0.136. The fourth-order valence-corrected chi connectivity index (χ4v) is 1.91. The Kier molecular flexibility index (Phi) is 3.29. The molecular weight excluding hydrogens is 237 g/mol. The molecule has 1 saturated heterocycles. The Balaban J connectivity index is 2.32. The maximum Gasteiger partial charge on any atom is 0.249 e. The van der Waals surface area contributed by atoms with Gasteiger partial charge in [-0.1, -0.05) is 6.07 Å². The van der Waals surface area contributed by atoms with E-state index in [2.05, 4.69) is 5.32 Å². The van der Waals surface area contributed by atoms with Crippen LogP contribution in [0.3, 0.4) is 0 Å². The molecule has 1 aromatic rings. The number of nitrogens with one attached hydrogen (secondary N) is 1. The highest BCUT2D eigenvalue weighted by atomic mass is 19.1. The molecule has 0 aliphatic carbocycles. The normalized spacial score (nSPS) is 19.9. The summed E-state index contributed by atoms with van der Waals surface area (Å²) in [4.78, 5) is 24.4. The van der Waals surface area contributed by atoms with E-state index in [0.29, 0.717) is 11.3 Å². The first kappa shape index (κ1) is 12.5. The van der Waals surface area contributed by atoms with Gasteiger partial charge in [0.05, 0.1) is 6.54 Å². The first-order valence-corrected chi connectivity index (χ1v) is 5.61. The van der Waals surface area contributed by atoms with E-state index in [1.807, 2.05) is 0 Å². The van der Waals surface area contributed by atoms with Gasteiger partial charge in [0.2, 0.25) is 11.8 Å². The van der Waals surface area contributed by atoms with Crippen LogP contribution >= 0.6 is 0 Å². The second kappa shape index (κ2) is 4.73. The van der Waals surface area contributed by atoms with E-state index in [1.54, 1.807) is 24.0 Å². The van der Waals surface area contributed by atoms with E-state index in [-0.39, 0.29) is 24.9 Å². The quantitative estimate of drug-likeness (QED) is 0.733. The smallest absolute Gasteiger partial charge is 0.249 e. The van der Waals surface area contributed by atoms with Crippen LogP contribution in [0.4, 0.5) is 10.1 Å². The minimum atomic E-state index is -0.508. The number of nitrogens with two attached hydrogens (primary N) is 1. The van der Waals surface area contributed by atoms with Gasteiger partial charge in [-0.3, -0.25) is 14.9 Å². The van der Waals surface area contributed by atoms with E-state index >= 15 is 0 Å². The van der Waals surface area contributed by atoms with E-state index in [0.717, 1.165) is 0 Å². The van der Waals surface area contributed by atoms with Gasteiger partial charge in [0.25, 0.3) is 0 Å². The van der Waals surface area contributed by atoms with E-state index in [1.165, 1.54) is 6.07 Å². The Labute approximate surface area is 104 Å². The Morgan fingerprint density at radius 1 is 1.50 bits per heavy atom. The topological polar surface area (TPSA) is 75.4 Å². The summed E-state index contributed by atoms with van der Waals surface area (Å²) in [5.74, 6) is -1.20.